The van der Waals surface area contributed by atoms with E-state index < -0.39 is 5.82 Å². The van der Waals surface area contributed by atoms with Gasteiger partial charge in [0.2, 0.25) is 5.91 Å². The van der Waals surface area contributed by atoms with Crippen molar-refractivity contribution in [3.63, 3.8) is 0 Å². The van der Waals surface area contributed by atoms with Crippen molar-refractivity contribution in [2.24, 2.45) is 0 Å². The highest BCUT2D eigenvalue weighted by Gasteiger charge is 2.20. The smallest absolute Gasteiger partial charge is 0.227 e. The van der Waals surface area contributed by atoms with Crippen LogP contribution in [0.5, 0.6) is 0 Å². The highest BCUT2D eigenvalue weighted by atomic mass is 35.5. The predicted molar refractivity (Wildman–Crippen MR) is 85.9 cm³/mol. The van der Waals surface area contributed by atoms with E-state index in [2.05, 4.69) is 5.32 Å². The van der Waals surface area contributed by atoms with Crippen LogP contribution >= 0.6 is 11.6 Å². The van der Waals surface area contributed by atoms with Gasteiger partial charge in [0.1, 0.15) is 11.6 Å². The van der Waals surface area contributed by atoms with E-state index in [1.54, 1.807) is 18.4 Å². The number of carbonyl (C=O) groups excluding carboxylic acids is 1. The van der Waals surface area contributed by atoms with Crippen LogP contribution in [0.1, 0.15) is 18.2 Å². The predicted octanol–water partition coefficient (Wildman–Crippen LogP) is 4.49. The third-order valence-electron chi connectivity index (χ3n) is 3.44. The van der Waals surface area contributed by atoms with Crippen LogP contribution in [0.25, 0.3) is 0 Å². The van der Waals surface area contributed by atoms with E-state index in [0.29, 0.717) is 5.76 Å². The monoisotopic (exact) mass is 332 g/mol. The van der Waals surface area contributed by atoms with Crippen LogP contribution in [-0.2, 0) is 4.79 Å². The molecule has 0 radical (unpaired) electrons. The van der Waals surface area contributed by atoms with Gasteiger partial charge in [0.05, 0.1) is 24.4 Å². The van der Waals surface area contributed by atoms with Crippen molar-refractivity contribution in [2.75, 3.05) is 5.32 Å². The summed E-state index contributed by atoms with van der Waals surface area (Å²) < 4.78 is 21.1. The topological polar surface area (TPSA) is 47.2 Å². The summed E-state index contributed by atoms with van der Waals surface area (Å²) in [5.41, 5.74) is 0.102. The fourth-order valence-corrected chi connectivity index (χ4v) is 2.52. The van der Waals surface area contributed by atoms with E-state index in [1.807, 2.05) is 29.1 Å². The molecule has 0 aliphatic rings. The van der Waals surface area contributed by atoms with Crippen LogP contribution in [0.3, 0.4) is 0 Å². The highest BCUT2D eigenvalue weighted by Crippen LogP contribution is 2.24. The lowest BCUT2D eigenvalue weighted by Crippen LogP contribution is -2.19. The molecule has 1 atom stereocenters. The fourth-order valence-electron chi connectivity index (χ4n) is 2.36. The molecular formula is C17H14ClFN2O2. The zero-order chi connectivity index (χ0) is 16.2. The first-order valence-corrected chi connectivity index (χ1v) is 7.42. The Hall–Kier alpha value is -2.53. The third-order valence-corrected chi connectivity index (χ3v) is 3.68. The van der Waals surface area contributed by atoms with Crippen LogP contribution in [0, 0.1) is 5.82 Å². The number of hydrogen-bond acceptors (Lipinski definition) is 2. The normalized spacial score (nSPS) is 12.1. The second kappa shape index (κ2) is 6.71. The molecule has 2 aromatic heterocycles. The van der Waals surface area contributed by atoms with Gasteiger partial charge in [0.25, 0.3) is 0 Å². The van der Waals surface area contributed by atoms with Crippen LogP contribution < -0.4 is 5.32 Å². The first kappa shape index (κ1) is 15.4. The van der Waals surface area contributed by atoms with E-state index >= 15 is 0 Å². The number of halogens is 2. The Morgan fingerprint density at radius 2 is 2.04 bits per heavy atom. The summed E-state index contributed by atoms with van der Waals surface area (Å²) >= 11 is 5.70. The Morgan fingerprint density at radius 1 is 1.26 bits per heavy atom. The van der Waals surface area contributed by atoms with E-state index in [9.17, 15) is 9.18 Å². The number of benzene rings is 1. The largest absolute Gasteiger partial charge is 0.467 e. The number of hydrogen-bond donors (Lipinski definition) is 1. The highest BCUT2D eigenvalue weighted by molar-refractivity contribution is 6.30. The number of furan rings is 1. The molecule has 0 bridgehead atoms. The minimum absolute atomic E-state index is 0.102. The summed E-state index contributed by atoms with van der Waals surface area (Å²) in [6.45, 7) is 0. The number of aromatic nitrogens is 1. The van der Waals surface area contributed by atoms with Crippen LogP contribution in [0.2, 0.25) is 5.02 Å². The molecule has 0 unspecified atom stereocenters. The Kier molecular flexibility index (Phi) is 4.48. The van der Waals surface area contributed by atoms with Gasteiger partial charge in [-0.25, -0.2) is 4.39 Å². The van der Waals surface area contributed by atoms with Gasteiger partial charge in [-0.3, -0.25) is 4.79 Å². The number of anilines is 1. The maximum Gasteiger partial charge on any atom is 0.227 e. The molecule has 3 aromatic rings. The third kappa shape index (κ3) is 3.63. The van der Waals surface area contributed by atoms with E-state index in [-0.39, 0.29) is 29.1 Å². The summed E-state index contributed by atoms with van der Waals surface area (Å²) in [6, 6.07) is 11.1. The van der Waals surface area contributed by atoms with Gasteiger partial charge in [-0.15, -0.1) is 0 Å². The lowest BCUT2D eigenvalue weighted by Gasteiger charge is -2.16. The van der Waals surface area contributed by atoms with Gasteiger partial charge in [-0.2, -0.15) is 0 Å². The molecule has 6 heteroatoms. The summed E-state index contributed by atoms with van der Waals surface area (Å²) in [6.07, 6.45) is 5.37. The molecule has 0 aliphatic heterocycles. The minimum atomic E-state index is -0.568. The Labute approximate surface area is 137 Å². The second-order valence-corrected chi connectivity index (χ2v) is 5.47. The minimum Gasteiger partial charge on any atom is -0.467 e. The molecule has 23 heavy (non-hydrogen) atoms. The zero-order valence-corrected chi connectivity index (χ0v) is 12.8. The summed E-state index contributed by atoms with van der Waals surface area (Å²) in [5, 5.41) is 2.84. The number of carbonyl (C=O) groups is 1. The standard InChI is InChI=1S/C17H14ClFN2O2/c18-12-5-6-14(13(19)10-12)20-17(22)11-15(16-4-3-9-23-16)21-7-1-2-8-21/h1-10,15H,11H2,(H,20,22)/t15-/m1/s1. The lowest BCUT2D eigenvalue weighted by atomic mass is 10.1. The van der Waals surface area contributed by atoms with Crippen molar-refractivity contribution in [1.29, 1.82) is 0 Å². The van der Waals surface area contributed by atoms with Crippen LogP contribution in [0.4, 0.5) is 10.1 Å². The molecule has 0 saturated carbocycles. The van der Waals surface area contributed by atoms with Gasteiger partial charge in [-0.1, -0.05) is 11.6 Å². The van der Waals surface area contributed by atoms with Crippen molar-refractivity contribution < 1.29 is 13.6 Å². The molecule has 0 spiro atoms. The quantitative estimate of drug-likeness (QED) is 0.748. The SMILES string of the molecule is O=C(C[C@H](c1ccco1)n1cccc1)Nc1ccc(Cl)cc1F. The number of nitrogens with one attached hydrogen (secondary N) is 1. The van der Waals surface area contributed by atoms with Gasteiger partial charge in [-0.05, 0) is 42.5 Å². The number of rotatable bonds is 5. The molecule has 0 aliphatic carbocycles. The van der Waals surface area contributed by atoms with Crippen molar-refractivity contribution in [1.82, 2.24) is 4.57 Å². The number of nitrogens with zero attached hydrogens (tertiary/aromatic N) is 1. The Balaban J connectivity index is 1.76. The van der Waals surface area contributed by atoms with E-state index in [0.717, 1.165) is 6.07 Å². The van der Waals surface area contributed by atoms with E-state index in [1.165, 1.54) is 12.1 Å². The molecule has 4 nitrogen and oxygen atoms in total. The van der Waals surface area contributed by atoms with Gasteiger partial charge in [0.15, 0.2) is 0 Å². The summed E-state index contributed by atoms with van der Waals surface area (Å²) in [4.78, 5) is 12.3. The average Bonchev–Trinajstić information content (AvgIpc) is 3.21. The molecular weight excluding hydrogens is 319 g/mol. The van der Waals surface area contributed by atoms with Crippen molar-refractivity contribution in [3.05, 3.63) is 77.7 Å². The molecule has 118 valence electrons. The van der Waals surface area contributed by atoms with Crippen LogP contribution in [-0.4, -0.2) is 10.5 Å². The van der Waals surface area contributed by atoms with Crippen molar-refractivity contribution in [2.45, 2.75) is 12.5 Å². The second-order valence-electron chi connectivity index (χ2n) is 5.04. The number of amides is 1. The lowest BCUT2D eigenvalue weighted by molar-refractivity contribution is -0.116. The first-order chi connectivity index (χ1) is 11.1. The van der Waals surface area contributed by atoms with Gasteiger partial charge >= 0.3 is 0 Å². The van der Waals surface area contributed by atoms with Gasteiger partial charge < -0.3 is 14.3 Å². The molecule has 0 fully saturated rings. The fraction of sp³-hybridized carbons (Fsp3) is 0.118. The molecule has 2 heterocycles. The average molecular weight is 333 g/mol. The molecule has 3 rings (SSSR count). The molecule has 1 amide bonds. The molecule has 0 saturated heterocycles. The molecule has 1 N–H and O–H groups in total. The zero-order valence-electron chi connectivity index (χ0n) is 12.1. The maximum atomic E-state index is 13.8. The maximum absolute atomic E-state index is 13.8. The summed E-state index contributed by atoms with van der Waals surface area (Å²) in [5.74, 6) is -0.226. The summed E-state index contributed by atoms with van der Waals surface area (Å²) in [7, 11) is 0. The van der Waals surface area contributed by atoms with Crippen LogP contribution in [0.15, 0.2) is 65.5 Å². The van der Waals surface area contributed by atoms with Gasteiger partial charge in [0, 0.05) is 17.4 Å². The van der Waals surface area contributed by atoms with Crippen molar-refractivity contribution >= 4 is 23.2 Å². The van der Waals surface area contributed by atoms with E-state index in [4.69, 9.17) is 16.0 Å². The Bertz CT molecular complexity index is 751. The van der Waals surface area contributed by atoms with Crippen molar-refractivity contribution in [3.8, 4) is 0 Å². The molecule has 1 aromatic carbocycles. The Morgan fingerprint density at radius 3 is 2.70 bits per heavy atom. The first-order valence-electron chi connectivity index (χ1n) is 7.04.